The van der Waals surface area contributed by atoms with Crippen molar-refractivity contribution in [1.82, 2.24) is 4.90 Å². The summed E-state index contributed by atoms with van der Waals surface area (Å²) < 4.78 is 5.27. The molecule has 1 saturated carbocycles. The van der Waals surface area contributed by atoms with Crippen LogP contribution in [0, 0.1) is 6.92 Å². The van der Waals surface area contributed by atoms with Gasteiger partial charge in [0.25, 0.3) is 5.91 Å². The van der Waals surface area contributed by atoms with Gasteiger partial charge in [0.2, 0.25) is 0 Å². The number of amides is 1. The van der Waals surface area contributed by atoms with Crippen LogP contribution in [0.15, 0.2) is 18.2 Å². The van der Waals surface area contributed by atoms with Crippen LogP contribution in [0.25, 0.3) is 0 Å². The normalized spacial score (nSPS) is 15.7. The smallest absolute Gasteiger partial charge is 0.253 e. The molecular formula is C15H21NO2. The molecule has 0 saturated heterocycles. The number of aryl methyl sites for hydroxylation is 1. The van der Waals surface area contributed by atoms with E-state index in [-0.39, 0.29) is 5.91 Å². The van der Waals surface area contributed by atoms with Crippen molar-refractivity contribution in [2.45, 2.75) is 38.6 Å². The second kappa shape index (κ2) is 5.42. The van der Waals surface area contributed by atoms with E-state index in [2.05, 4.69) is 0 Å². The summed E-state index contributed by atoms with van der Waals surface area (Å²) >= 11 is 0. The molecule has 0 N–H and O–H groups in total. The van der Waals surface area contributed by atoms with Gasteiger partial charge < -0.3 is 9.64 Å². The van der Waals surface area contributed by atoms with Crippen LogP contribution in [0.4, 0.5) is 0 Å². The van der Waals surface area contributed by atoms with Crippen molar-refractivity contribution >= 4 is 5.91 Å². The molecule has 1 amide bonds. The number of hydrogen-bond donors (Lipinski definition) is 0. The summed E-state index contributed by atoms with van der Waals surface area (Å²) in [6.07, 6.45) is 4.73. The fraction of sp³-hybridized carbons (Fsp3) is 0.533. The Labute approximate surface area is 109 Å². The van der Waals surface area contributed by atoms with Gasteiger partial charge in [-0.05, 0) is 37.5 Å². The maximum atomic E-state index is 12.4. The minimum Gasteiger partial charge on any atom is -0.496 e. The maximum absolute atomic E-state index is 12.4. The highest BCUT2D eigenvalue weighted by Gasteiger charge is 2.24. The van der Waals surface area contributed by atoms with E-state index in [9.17, 15) is 4.79 Å². The molecule has 0 heterocycles. The number of ether oxygens (including phenoxy) is 1. The van der Waals surface area contributed by atoms with Crippen LogP contribution in [0.5, 0.6) is 5.75 Å². The summed E-state index contributed by atoms with van der Waals surface area (Å²) in [5.74, 6) is 0.876. The van der Waals surface area contributed by atoms with Gasteiger partial charge in [0, 0.05) is 18.7 Å². The lowest BCUT2D eigenvalue weighted by atomic mass is 10.1. The number of rotatable bonds is 3. The first-order valence-electron chi connectivity index (χ1n) is 6.55. The van der Waals surface area contributed by atoms with Crippen molar-refractivity contribution in [3.63, 3.8) is 0 Å². The summed E-state index contributed by atoms with van der Waals surface area (Å²) in [5.41, 5.74) is 1.77. The Morgan fingerprint density at radius 1 is 1.33 bits per heavy atom. The SMILES string of the molecule is COc1cc(C(=O)N(C)C2CCCC2)ccc1C. The standard InChI is InChI=1S/C15H21NO2/c1-11-8-9-12(10-14(11)18-3)15(17)16(2)13-6-4-5-7-13/h8-10,13H,4-7H2,1-3H3. The molecular weight excluding hydrogens is 226 g/mol. The largest absolute Gasteiger partial charge is 0.496 e. The first-order valence-corrected chi connectivity index (χ1v) is 6.55. The van der Waals surface area contributed by atoms with E-state index in [0.717, 1.165) is 24.2 Å². The fourth-order valence-electron chi connectivity index (χ4n) is 2.61. The van der Waals surface area contributed by atoms with Gasteiger partial charge in [-0.15, -0.1) is 0 Å². The zero-order chi connectivity index (χ0) is 13.1. The molecule has 3 nitrogen and oxygen atoms in total. The van der Waals surface area contributed by atoms with Crippen LogP contribution < -0.4 is 4.74 Å². The number of hydrogen-bond acceptors (Lipinski definition) is 2. The Hall–Kier alpha value is -1.51. The van der Waals surface area contributed by atoms with Crippen LogP contribution in [0.3, 0.4) is 0 Å². The van der Waals surface area contributed by atoms with E-state index >= 15 is 0 Å². The van der Waals surface area contributed by atoms with Crippen molar-refractivity contribution < 1.29 is 9.53 Å². The minimum absolute atomic E-state index is 0.0974. The topological polar surface area (TPSA) is 29.5 Å². The molecule has 0 bridgehead atoms. The van der Waals surface area contributed by atoms with Crippen molar-refractivity contribution in [3.05, 3.63) is 29.3 Å². The average molecular weight is 247 g/mol. The molecule has 18 heavy (non-hydrogen) atoms. The predicted molar refractivity (Wildman–Crippen MR) is 72.1 cm³/mol. The highest BCUT2D eigenvalue weighted by molar-refractivity contribution is 5.94. The zero-order valence-corrected chi connectivity index (χ0v) is 11.4. The van der Waals surface area contributed by atoms with E-state index in [1.807, 2.05) is 37.1 Å². The predicted octanol–water partition coefficient (Wildman–Crippen LogP) is 3.02. The van der Waals surface area contributed by atoms with Crippen molar-refractivity contribution in [2.24, 2.45) is 0 Å². The third-order valence-corrected chi connectivity index (χ3v) is 3.85. The summed E-state index contributed by atoms with van der Waals surface area (Å²) in [5, 5.41) is 0. The first-order chi connectivity index (χ1) is 8.63. The first kappa shape index (κ1) is 12.9. The Kier molecular flexibility index (Phi) is 3.90. The lowest BCUT2D eigenvalue weighted by Crippen LogP contribution is -2.35. The molecule has 1 aliphatic rings. The van der Waals surface area contributed by atoms with Gasteiger partial charge in [-0.3, -0.25) is 4.79 Å². The van der Waals surface area contributed by atoms with Crippen molar-refractivity contribution in [1.29, 1.82) is 0 Å². The van der Waals surface area contributed by atoms with Crippen LogP contribution in [0.2, 0.25) is 0 Å². The van der Waals surface area contributed by atoms with Gasteiger partial charge in [0.15, 0.2) is 0 Å². The molecule has 0 aliphatic heterocycles. The highest BCUT2D eigenvalue weighted by atomic mass is 16.5. The molecule has 0 unspecified atom stereocenters. The highest BCUT2D eigenvalue weighted by Crippen LogP contribution is 2.25. The van der Waals surface area contributed by atoms with Gasteiger partial charge in [-0.2, -0.15) is 0 Å². The molecule has 1 fully saturated rings. The monoisotopic (exact) mass is 247 g/mol. The molecule has 0 atom stereocenters. The van der Waals surface area contributed by atoms with Crippen molar-refractivity contribution in [3.8, 4) is 5.75 Å². The number of carbonyl (C=O) groups excluding carboxylic acids is 1. The van der Waals surface area contributed by atoms with Crippen LogP contribution in [-0.4, -0.2) is 31.0 Å². The molecule has 0 radical (unpaired) electrons. The van der Waals surface area contributed by atoms with Gasteiger partial charge in [-0.25, -0.2) is 0 Å². The average Bonchev–Trinajstić information content (AvgIpc) is 2.91. The molecule has 1 aromatic rings. The Balaban J connectivity index is 2.17. The summed E-state index contributed by atoms with van der Waals surface area (Å²) in [7, 11) is 3.54. The van der Waals surface area contributed by atoms with E-state index in [0.29, 0.717) is 11.6 Å². The van der Waals surface area contributed by atoms with E-state index < -0.39 is 0 Å². The van der Waals surface area contributed by atoms with Gasteiger partial charge in [0.1, 0.15) is 5.75 Å². The summed E-state index contributed by atoms with van der Waals surface area (Å²) in [4.78, 5) is 14.3. The summed E-state index contributed by atoms with van der Waals surface area (Å²) in [6, 6.07) is 6.06. The lowest BCUT2D eigenvalue weighted by Gasteiger charge is -2.24. The number of nitrogens with zero attached hydrogens (tertiary/aromatic N) is 1. The zero-order valence-electron chi connectivity index (χ0n) is 11.4. The summed E-state index contributed by atoms with van der Waals surface area (Å²) in [6.45, 7) is 1.98. The lowest BCUT2D eigenvalue weighted by molar-refractivity contribution is 0.0735. The molecule has 2 rings (SSSR count). The van der Waals surface area contributed by atoms with E-state index in [1.165, 1.54) is 12.8 Å². The molecule has 3 heteroatoms. The fourth-order valence-corrected chi connectivity index (χ4v) is 2.61. The Bertz CT molecular complexity index is 436. The second-order valence-corrected chi connectivity index (χ2v) is 5.04. The van der Waals surface area contributed by atoms with Gasteiger partial charge in [-0.1, -0.05) is 18.9 Å². The maximum Gasteiger partial charge on any atom is 0.253 e. The molecule has 1 aliphatic carbocycles. The van der Waals surface area contributed by atoms with Gasteiger partial charge in [0.05, 0.1) is 7.11 Å². The number of carbonyl (C=O) groups is 1. The Morgan fingerprint density at radius 2 is 2.00 bits per heavy atom. The van der Waals surface area contributed by atoms with Crippen LogP contribution >= 0.6 is 0 Å². The quantitative estimate of drug-likeness (QED) is 0.821. The van der Waals surface area contributed by atoms with Crippen LogP contribution in [0.1, 0.15) is 41.6 Å². The van der Waals surface area contributed by atoms with Crippen LogP contribution in [-0.2, 0) is 0 Å². The number of methoxy groups -OCH3 is 1. The van der Waals surface area contributed by atoms with Crippen molar-refractivity contribution in [2.75, 3.05) is 14.2 Å². The van der Waals surface area contributed by atoms with E-state index in [4.69, 9.17) is 4.74 Å². The number of benzene rings is 1. The Morgan fingerprint density at radius 3 is 2.61 bits per heavy atom. The molecule has 98 valence electrons. The third kappa shape index (κ3) is 2.50. The van der Waals surface area contributed by atoms with Gasteiger partial charge >= 0.3 is 0 Å². The molecule has 1 aromatic carbocycles. The molecule has 0 spiro atoms. The third-order valence-electron chi connectivity index (χ3n) is 3.85. The second-order valence-electron chi connectivity index (χ2n) is 5.04. The molecule has 0 aromatic heterocycles. The minimum atomic E-state index is 0.0974. The van der Waals surface area contributed by atoms with E-state index in [1.54, 1.807) is 7.11 Å².